The van der Waals surface area contributed by atoms with Crippen molar-refractivity contribution < 1.29 is 4.79 Å². The molecule has 0 saturated heterocycles. The first kappa shape index (κ1) is 13.7. The second-order valence-electron chi connectivity index (χ2n) is 5.46. The average molecular weight is 280 g/mol. The molecule has 2 amide bonds. The number of carbonyl (C=O) groups excluding carboxylic acids is 1. The molecule has 1 atom stereocenters. The van der Waals surface area contributed by atoms with Gasteiger partial charge in [0.1, 0.15) is 0 Å². The van der Waals surface area contributed by atoms with Gasteiger partial charge in [-0.05, 0) is 36.0 Å². The molecule has 0 heterocycles. The topological polar surface area (TPSA) is 41.1 Å². The quantitative estimate of drug-likeness (QED) is 0.886. The highest BCUT2D eigenvalue weighted by Crippen LogP contribution is 2.29. The molecule has 0 spiro atoms. The van der Waals surface area contributed by atoms with Gasteiger partial charge in [-0.15, -0.1) is 0 Å². The highest BCUT2D eigenvalue weighted by molar-refractivity contribution is 5.74. The zero-order valence-electron chi connectivity index (χ0n) is 12.0. The zero-order chi connectivity index (χ0) is 14.5. The molecular formula is C18H20N2O. The molecule has 0 fully saturated rings. The molecule has 2 N–H and O–H groups in total. The normalized spacial score (nSPS) is 16.9. The monoisotopic (exact) mass is 280 g/mol. The largest absolute Gasteiger partial charge is 0.334 e. The molecule has 2 aromatic carbocycles. The van der Waals surface area contributed by atoms with Crippen LogP contribution in [0, 0.1) is 0 Å². The van der Waals surface area contributed by atoms with Crippen LogP contribution in [0.5, 0.6) is 0 Å². The number of fused-ring (bicyclic) bond motifs is 1. The van der Waals surface area contributed by atoms with Crippen LogP contribution < -0.4 is 10.6 Å². The molecule has 3 heteroatoms. The van der Waals surface area contributed by atoms with E-state index in [9.17, 15) is 4.79 Å². The number of benzene rings is 2. The number of nitrogens with one attached hydrogen (secondary N) is 2. The van der Waals surface area contributed by atoms with Crippen LogP contribution in [0.4, 0.5) is 4.79 Å². The predicted octanol–water partition coefficient (Wildman–Crippen LogP) is 3.56. The van der Waals surface area contributed by atoms with E-state index in [0.29, 0.717) is 6.54 Å². The van der Waals surface area contributed by atoms with E-state index in [1.807, 2.05) is 36.4 Å². The lowest BCUT2D eigenvalue weighted by atomic mass is 9.88. The third-order valence-corrected chi connectivity index (χ3v) is 3.97. The molecule has 3 rings (SSSR count). The van der Waals surface area contributed by atoms with Gasteiger partial charge in [0.2, 0.25) is 0 Å². The Hall–Kier alpha value is -2.29. The first-order valence-corrected chi connectivity index (χ1v) is 7.49. The summed E-state index contributed by atoms with van der Waals surface area (Å²) in [7, 11) is 0. The molecule has 0 aliphatic heterocycles. The lowest BCUT2D eigenvalue weighted by Gasteiger charge is -2.26. The van der Waals surface area contributed by atoms with E-state index in [1.54, 1.807) is 0 Å². The third-order valence-electron chi connectivity index (χ3n) is 3.97. The maximum Gasteiger partial charge on any atom is 0.315 e. The third kappa shape index (κ3) is 3.43. The van der Waals surface area contributed by atoms with Crippen molar-refractivity contribution in [3.05, 3.63) is 71.3 Å². The Balaban J connectivity index is 1.58. The van der Waals surface area contributed by atoms with Crippen molar-refractivity contribution in [2.45, 2.75) is 31.8 Å². The summed E-state index contributed by atoms with van der Waals surface area (Å²) in [5.41, 5.74) is 3.73. The van der Waals surface area contributed by atoms with Crippen molar-refractivity contribution in [2.24, 2.45) is 0 Å². The van der Waals surface area contributed by atoms with E-state index >= 15 is 0 Å². The number of carbonyl (C=O) groups is 1. The van der Waals surface area contributed by atoms with Gasteiger partial charge in [-0.25, -0.2) is 4.79 Å². The molecule has 1 unspecified atom stereocenters. The van der Waals surface area contributed by atoms with Crippen molar-refractivity contribution in [1.82, 2.24) is 10.6 Å². The summed E-state index contributed by atoms with van der Waals surface area (Å²) in [4.78, 5) is 12.1. The van der Waals surface area contributed by atoms with Crippen molar-refractivity contribution in [2.75, 3.05) is 0 Å². The summed E-state index contributed by atoms with van der Waals surface area (Å²) in [5.74, 6) is 0. The van der Waals surface area contributed by atoms with Gasteiger partial charge < -0.3 is 10.6 Å². The van der Waals surface area contributed by atoms with Crippen LogP contribution in [0.15, 0.2) is 54.6 Å². The Morgan fingerprint density at radius 1 is 1.05 bits per heavy atom. The zero-order valence-corrected chi connectivity index (χ0v) is 12.0. The minimum atomic E-state index is -0.0967. The Morgan fingerprint density at radius 2 is 1.81 bits per heavy atom. The molecular weight excluding hydrogens is 260 g/mol. The fourth-order valence-corrected chi connectivity index (χ4v) is 2.89. The number of hydrogen-bond acceptors (Lipinski definition) is 1. The molecule has 21 heavy (non-hydrogen) atoms. The average Bonchev–Trinajstić information content (AvgIpc) is 2.54. The van der Waals surface area contributed by atoms with Crippen molar-refractivity contribution >= 4 is 6.03 Å². The molecule has 3 nitrogen and oxygen atoms in total. The molecule has 108 valence electrons. The van der Waals surface area contributed by atoms with Crippen LogP contribution in [-0.2, 0) is 13.0 Å². The lowest BCUT2D eigenvalue weighted by Crippen LogP contribution is -2.38. The van der Waals surface area contributed by atoms with Crippen LogP contribution in [0.25, 0.3) is 0 Å². The smallest absolute Gasteiger partial charge is 0.315 e. The molecule has 0 aromatic heterocycles. The van der Waals surface area contributed by atoms with E-state index in [-0.39, 0.29) is 12.1 Å². The van der Waals surface area contributed by atoms with Crippen LogP contribution in [0.2, 0.25) is 0 Å². The maximum absolute atomic E-state index is 12.1. The standard InChI is InChI=1S/C18H20N2O/c21-18(19-13-14-7-2-1-3-8-14)20-17-12-6-10-15-9-4-5-11-16(15)17/h1-5,7-9,11,17H,6,10,12-13H2,(H2,19,20,21). The first-order valence-electron chi connectivity index (χ1n) is 7.49. The van der Waals surface area contributed by atoms with Gasteiger partial charge >= 0.3 is 6.03 Å². The summed E-state index contributed by atoms with van der Waals surface area (Å²) in [6, 6.07) is 18.4. The molecule has 2 aromatic rings. The fraction of sp³-hybridized carbons (Fsp3) is 0.278. The fourth-order valence-electron chi connectivity index (χ4n) is 2.89. The number of urea groups is 1. The van der Waals surface area contributed by atoms with Gasteiger partial charge in [-0.3, -0.25) is 0 Å². The van der Waals surface area contributed by atoms with Gasteiger partial charge in [0.15, 0.2) is 0 Å². The van der Waals surface area contributed by atoms with Gasteiger partial charge in [-0.2, -0.15) is 0 Å². The molecule has 1 aliphatic rings. The second-order valence-corrected chi connectivity index (χ2v) is 5.46. The van der Waals surface area contributed by atoms with Crippen LogP contribution in [0.1, 0.15) is 35.6 Å². The number of hydrogen-bond donors (Lipinski definition) is 2. The summed E-state index contributed by atoms with van der Waals surface area (Å²) in [6.45, 7) is 0.557. The van der Waals surface area contributed by atoms with E-state index in [4.69, 9.17) is 0 Å². The minimum Gasteiger partial charge on any atom is -0.334 e. The van der Waals surface area contributed by atoms with Gasteiger partial charge in [0, 0.05) is 6.54 Å². The van der Waals surface area contributed by atoms with E-state index < -0.39 is 0 Å². The Kier molecular flexibility index (Phi) is 4.20. The maximum atomic E-state index is 12.1. The Labute approximate surface area is 125 Å². The van der Waals surface area contributed by atoms with Crippen LogP contribution in [0.3, 0.4) is 0 Å². The van der Waals surface area contributed by atoms with Gasteiger partial charge in [-0.1, -0.05) is 54.6 Å². The molecule has 1 aliphatic carbocycles. The lowest BCUT2D eigenvalue weighted by molar-refractivity contribution is 0.235. The number of amides is 2. The first-order chi connectivity index (χ1) is 10.3. The minimum absolute atomic E-state index is 0.0967. The predicted molar refractivity (Wildman–Crippen MR) is 83.9 cm³/mol. The van der Waals surface area contributed by atoms with Gasteiger partial charge in [0.05, 0.1) is 6.04 Å². The number of rotatable bonds is 3. The summed E-state index contributed by atoms with van der Waals surface area (Å²) < 4.78 is 0. The van der Waals surface area contributed by atoms with Crippen molar-refractivity contribution in [1.29, 1.82) is 0 Å². The number of aryl methyl sites for hydroxylation is 1. The van der Waals surface area contributed by atoms with Crippen molar-refractivity contribution in [3.8, 4) is 0 Å². The van der Waals surface area contributed by atoms with E-state index in [2.05, 4.69) is 28.8 Å². The summed E-state index contributed by atoms with van der Waals surface area (Å²) in [6.07, 6.45) is 3.25. The van der Waals surface area contributed by atoms with E-state index in [0.717, 1.165) is 24.8 Å². The summed E-state index contributed by atoms with van der Waals surface area (Å²) in [5, 5.41) is 6.02. The van der Waals surface area contributed by atoms with E-state index in [1.165, 1.54) is 11.1 Å². The molecule has 0 bridgehead atoms. The Bertz CT molecular complexity index is 610. The van der Waals surface area contributed by atoms with Gasteiger partial charge in [0.25, 0.3) is 0 Å². The summed E-state index contributed by atoms with van der Waals surface area (Å²) >= 11 is 0. The van der Waals surface area contributed by atoms with Crippen LogP contribution in [-0.4, -0.2) is 6.03 Å². The second kappa shape index (κ2) is 6.44. The van der Waals surface area contributed by atoms with Crippen LogP contribution >= 0.6 is 0 Å². The highest BCUT2D eigenvalue weighted by Gasteiger charge is 2.20. The molecule has 0 radical (unpaired) electrons. The van der Waals surface area contributed by atoms with Crippen molar-refractivity contribution in [3.63, 3.8) is 0 Å². The Morgan fingerprint density at radius 3 is 2.67 bits per heavy atom. The molecule has 0 saturated carbocycles. The highest BCUT2D eigenvalue weighted by atomic mass is 16.2. The SMILES string of the molecule is O=C(NCc1ccccc1)NC1CCCc2ccccc21.